The number of aromatic nitrogens is 2. The number of rotatable bonds is 4. The summed E-state index contributed by atoms with van der Waals surface area (Å²) in [5.74, 6) is -3.05. The third-order valence-electron chi connectivity index (χ3n) is 3.05. The van der Waals surface area contributed by atoms with Crippen molar-refractivity contribution in [1.82, 2.24) is 9.55 Å². The predicted octanol–water partition coefficient (Wildman–Crippen LogP) is 0.612. The molecule has 0 saturated carbocycles. The fraction of sp³-hybridized carbons (Fsp3) is 0.500. The molecule has 1 aliphatic rings. The van der Waals surface area contributed by atoms with Crippen molar-refractivity contribution in [3.05, 3.63) is 12.0 Å². The summed E-state index contributed by atoms with van der Waals surface area (Å²) in [5, 5.41) is 13.5. The molecule has 2 heterocycles. The Bertz CT molecular complexity index is 699. The second-order valence-electron chi connectivity index (χ2n) is 4.49. The molecule has 12 heteroatoms. The maximum absolute atomic E-state index is 13.5. The standard InChI is InChI=1S/C12H13F3N4O5/c1-3-23-9(20)6-8-18-17-7(10(21)24-4-2)11(22,12(13,14)15)19(8)5-16-6/h5,18,22H,3-4H2,1-2H3. The molecule has 0 fully saturated rings. The molecule has 0 saturated heterocycles. The smallest absolute Gasteiger partial charge is 0.443 e. The first-order valence-corrected chi connectivity index (χ1v) is 6.73. The maximum Gasteiger partial charge on any atom is 0.443 e. The average Bonchev–Trinajstić information content (AvgIpc) is 2.92. The molecule has 1 atom stereocenters. The molecule has 0 amide bonds. The van der Waals surface area contributed by atoms with Gasteiger partial charge in [-0.15, -0.1) is 0 Å². The first-order valence-electron chi connectivity index (χ1n) is 6.73. The number of carbonyl (C=O) groups is 2. The van der Waals surface area contributed by atoms with E-state index >= 15 is 0 Å². The van der Waals surface area contributed by atoms with Gasteiger partial charge in [0.15, 0.2) is 11.5 Å². The number of anilines is 1. The Labute approximate surface area is 133 Å². The summed E-state index contributed by atoms with van der Waals surface area (Å²) in [6.07, 6.45) is -4.79. The van der Waals surface area contributed by atoms with Gasteiger partial charge in [0.2, 0.25) is 5.71 Å². The number of hydrazone groups is 1. The number of imidazole rings is 1. The van der Waals surface area contributed by atoms with E-state index in [4.69, 9.17) is 0 Å². The van der Waals surface area contributed by atoms with Crippen LogP contribution in [0.15, 0.2) is 11.4 Å². The predicted molar refractivity (Wildman–Crippen MR) is 72.1 cm³/mol. The number of ether oxygens (including phenoxy) is 2. The summed E-state index contributed by atoms with van der Waals surface area (Å²) in [6, 6.07) is 0. The van der Waals surface area contributed by atoms with Gasteiger partial charge in [-0.2, -0.15) is 18.3 Å². The monoisotopic (exact) mass is 350 g/mol. The van der Waals surface area contributed by atoms with Crippen LogP contribution in [0, 0.1) is 0 Å². The van der Waals surface area contributed by atoms with Crippen LogP contribution in [0.4, 0.5) is 19.0 Å². The first kappa shape index (κ1) is 17.7. The van der Waals surface area contributed by atoms with E-state index in [0.717, 1.165) is 0 Å². The minimum atomic E-state index is -5.35. The molecular weight excluding hydrogens is 337 g/mol. The molecule has 2 rings (SSSR count). The van der Waals surface area contributed by atoms with E-state index in [1.54, 1.807) is 0 Å². The number of esters is 2. The lowest BCUT2D eigenvalue weighted by Gasteiger charge is -2.34. The fourth-order valence-electron chi connectivity index (χ4n) is 2.01. The molecule has 0 spiro atoms. The van der Waals surface area contributed by atoms with Gasteiger partial charge in [0.1, 0.15) is 6.33 Å². The minimum Gasteiger partial charge on any atom is -0.461 e. The van der Waals surface area contributed by atoms with Crippen LogP contribution in [0.3, 0.4) is 0 Å². The molecule has 0 bridgehead atoms. The molecule has 0 aromatic carbocycles. The van der Waals surface area contributed by atoms with Gasteiger partial charge in [-0.3, -0.25) is 9.99 Å². The maximum atomic E-state index is 13.5. The van der Waals surface area contributed by atoms with Gasteiger partial charge < -0.3 is 14.6 Å². The lowest BCUT2D eigenvalue weighted by molar-refractivity contribution is -0.265. The summed E-state index contributed by atoms with van der Waals surface area (Å²) in [6.45, 7) is 2.61. The quantitative estimate of drug-likeness (QED) is 0.765. The number of nitrogens with zero attached hydrogens (tertiary/aromatic N) is 3. The Balaban J connectivity index is 2.58. The molecule has 24 heavy (non-hydrogen) atoms. The Kier molecular flexibility index (Phi) is 4.51. The van der Waals surface area contributed by atoms with Crippen LogP contribution < -0.4 is 5.43 Å². The SMILES string of the molecule is CCOC(=O)C1=NNc2c(C(=O)OCC)ncn2C1(O)C(F)(F)F. The van der Waals surface area contributed by atoms with Gasteiger partial charge >= 0.3 is 18.1 Å². The summed E-state index contributed by atoms with van der Waals surface area (Å²) in [4.78, 5) is 27.0. The number of nitrogens with one attached hydrogen (secondary N) is 1. The molecule has 1 unspecified atom stereocenters. The molecular formula is C12H13F3N4O5. The number of halogens is 3. The van der Waals surface area contributed by atoms with E-state index in [-0.39, 0.29) is 17.8 Å². The number of alkyl halides is 3. The van der Waals surface area contributed by atoms with Crippen LogP contribution in [-0.2, 0) is 20.0 Å². The van der Waals surface area contributed by atoms with E-state index in [1.807, 2.05) is 0 Å². The highest BCUT2D eigenvalue weighted by Crippen LogP contribution is 2.41. The highest BCUT2D eigenvalue weighted by atomic mass is 19.4. The highest BCUT2D eigenvalue weighted by molar-refractivity contribution is 6.39. The molecule has 132 valence electrons. The fourth-order valence-corrected chi connectivity index (χ4v) is 2.01. The zero-order valence-corrected chi connectivity index (χ0v) is 12.5. The number of carbonyl (C=O) groups excluding carboxylic acids is 2. The molecule has 2 N–H and O–H groups in total. The lowest BCUT2D eigenvalue weighted by atomic mass is 10.1. The third-order valence-corrected chi connectivity index (χ3v) is 3.05. The van der Waals surface area contributed by atoms with E-state index in [1.165, 1.54) is 13.8 Å². The van der Waals surface area contributed by atoms with E-state index in [0.29, 0.717) is 6.33 Å². The van der Waals surface area contributed by atoms with Crippen molar-refractivity contribution in [2.24, 2.45) is 5.10 Å². The first-order chi connectivity index (χ1) is 11.2. The van der Waals surface area contributed by atoms with Gasteiger partial charge in [0, 0.05) is 0 Å². The van der Waals surface area contributed by atoms with Crippen molar-refractivity contribution in [1.29, 1.82) is 0 Å². The topological polar surface area (TPSA) is 115 Å². The largest absolute Gasteiger partial charge is 0.461 e. The highest BCUT2D eigenvalue weighted by Gasteiger charge is 2.64. The number of aliphatic hydroxyl groups is 1. The van der Waals surface area contributed by atoms with Gasteiger partial charge in [-0.05, 0) is 13.8 Å². The van der Waals surface area contributed by atoms with Crippen molar-refractivity contribution in [2.75, 3.05) is 18.6 Å². The van der Waals surface area contributed by atoms with Crippen molar-refractivity contribution < 1.29 is 37.3 Å². The number of fused-ring (bicyclic) bond motifs is 1. The number of hydrogen-bond donors (Lipinski definition) is 2. The molecule has 9 nitrogen and oxygen atoms in total. The average molecular weight is 350 g/mol. The van der Waals surface area contributed by atoms with Crippen LogP contribution >= 0.6 is 0 Å². The second kappa shape index (κ2) is 6.11. The van der Waals surface area contributed by atoms with E-state index < -0.39 is 41.1 Å². The van der Waals surface area contributed by atoms with Crippen LogP contribution in [0.2, 0.25) is 0 Å². The third kappa shape index (κ3) is 2.58. The van der Waals surface area contributed by atoms with Gasteiger partial charge in [-0.1, -0.05) is 0 Å². The second-order valence-corrected chi connectivity index (χ2v) is 4.49. The van der Waals surface area contributed by atoms with Gasteiger partial charge in [0.05, 0.1) is 13.2 Å². The van der Waals surface area contributed by atoms with Crippen LogP contribution in [-0.4, -0.2) is 51.7 Å². The Morgan fingerprint density at radius 1 is 1.29 bits per heavy atom. The minimum absolute atomic E-state index is 0.0357. The van der Waals surface area contributed by atoms with Crippen molar-refractivity contribution >= 4 is 23.5 Å². The summed E-state index contributed by atoms with van der Waals surface area (Å²) >= 11 is 0. The summed E-state index contributed by atoms with van der Waals surface area (Å²) in [7, 11) is 0. The molecule has 0 radical (unpaired) electrons. The van der Waals surface area contributed by atoms with Gasteiger partial charge in [-0.25, -0.2) is 14.6 Å². The van der Waals surface area contributed by atoms with Crippen LogP contribution in [0.25, 0.3) is 0 Å². The van der Waals surface area contributed by atoms with E-state index in [2.05, 4.69) is 25.0 Å². The zero-order valence-electron chi connectivity index (χ0n) is 12.5. The summed E-state index contributed by atoms with van der Waals surface area (Å²) in [5.41, 5.74) is -3.61. The zero-order chi connectivity index (χ0) is 18.1. The summed E-state index contributed by atoms with van der Waals surface area (Å²) < 4.78 is 49.8. The Morgan fingerprint density at radius 3 is 2.42 bits per heavy atom. The van der Waals surface area contributed by atoms with Gasteiger partial charge in [0.25, 0.3) is 5.72 Å². The van der Waals surface area contributed by atoms with Crippen molar-refractivity contribution in [2.45, 2.75) is 25.7 Å². The molecule has 1 aliphatic heterocycles. The van der Waals surface area contributed by atoms with Crippen LogP contribution in [0.5, 0.6) is 0 Å². The molecule has 1 aromatic heterocycles. The Hall–Kier alpha value is -2.63. The van der Waals surface area contributed by atoms with Crippen molar-refractivity contribution in [3.8, 4) is 0 Å². The van der Waals surface area contributed by atoms with Crippen molar-refractivity contribution in [3.63, 3.8) is 0 Å². The number of hydrogen-bond acceptors (Lipinski definition) is 8. The van der Waals surface area contributed by atoms with Crippen LogP contribution in [0.1, 0.15) is 24.3 Å². The van der Waals surface area contributed by atoms with E-state index in [9.17, 15) is 27.9 Å². The lowest BCUT2D eigenvalue weighted by Crippen LogP contribution is -2.58. The molecule has 0 aliphatic carbocycles. The Morgan fingerprint density at radius 2 is 1.88 bits per heavy atom. The normalized spacial score (nSPS) is 19.8. The molecule has 1 aromatic rings.